The first-order valence-corrected chi connectivity index (χ1v) is 6.33. The number of aromatic carboxylic acids is 1. The van der Waals surface area contributed by atoms with Crippen LogP contribution in [0.2, 0.25) is 0 Å². The molecule has 0 aliphatic heterocycles. The SMILES string of the molecule is O=C(O)c1ccc(S(=O)(=O)Nc2ncc[nH]2)cc1. The van der Waals surface area contributed by atoms with Gasteiger partial charge in [-0.2, -0.15) is 0 Å². The number of imidazole rings is 1. The van der Waals surface area contributed by atoms with Crippen LogP contribution >= 0.6 is 0 Å². The summed E-state index contributed by atoms with van der Waals surface area (Å²) in [7, 11) is -3.76. The van der Waals surface area contributed by atoms with E-state index in [1.54, 1.807) is 0 Å². The number of aromatic nitrogens is 2. The highest BCUT2D eigenvalue weighted by atomic mass is 32.2. The van der Waals surface area contributed by atoms with Crippen LogP contribution in [0.3, 0.4) is 0 Å². The van der Waals surface area contributed by atoms with E-state index in [-0.39, 0.29) is 16.4 Å². The average Bonchev–Trinajstić information content (AvgIpc) is 2.81. The molecule has 7 nitrogen and oxygen atoms in total. The van der Waals surface area contributed by atoms with E-state index in [1.807, 2.05) is 0 Å². The van der Waals surface area contributed by atoms with Gasteiger partial charge in [-0.05, 0) is 24.3 Å². The number of benzene rings is 1. The predicted molar refractivity (Wildman–Crippen MR) is 62.8 cm³/mol. The van der Waals surface area contributed by atoms with Crippen molar-refractivity contribution >= 4 is 21.9 Å². The molecule has 0 fully saturated rings. The lowest BCUT2D eigenvalue weighted by Gasteiger charge is -2.05. The van der Waals surface area contributed by atoms with Gasteiger partial charge in [-0.25, -0.2) is 22.9 Å². The minimum atomic E-state index is -3.76. The van der Waals surface area contributed by atoms with Gasteiger partial charge < -0.3 is 10.1 Å². The number of carboxylic acid groups (broad SMARTS) is 1. The lowest BCUT2D eigenvalue weighted by Crippen LogP contribution is -2.14. The van der Waals surface area contributed by atoms with E-state index in [4.69, 9.17) is 5.11 Å². The molecule has 18 heavy (non-hydrogen) atoms. The Morgan fingerprint density at radius 2 is 1.94 bits per heavy atom. The van der Waals surface area contributed by atoms with E-state index < -0.39 is 16.0 Å². The summed E-state index contributed by atoms with van der Waals surface area (Å²) in [6, 6.07) is 4.88. The number of carboxylic acids is 1. The lowest BCUT2D eigenvalue weighted by atomic mass is 10.2. The second-order valence-electron chi connectivity index (χ2n) is 3.37. The van der Waals surface area contributed by atoms with Crippen molar-refractivity contribution in [2.45, 2.75) is 4.90 Å². The van der Waals surface area contributed by atoms with E-state index in [1.165, 1.54) is 36.7 Å². The summed E-state index contributed by atoms with van der Waals surface area (Å²) in [6.07, 6.45) is 2.89. The van der Waals surface area contributed by atoms with Gasteiger partial charge in [0.15, 0.2) is 0 Å². The van der Waals surface area contributed by atoms with Crippen molar-refractivity contribution in [3.63, 3.8) is 0 Å². The molecule has 1 aromatic carbocycles. The maximum absolute atomic E-state index is 11.9. The van der Waals surface area contributed by atoms with Crippen molar-refractivity contribution in [1.82, 2.24) is 9.97 Å². The van der Waals surface area contributed by atoms with Crippen LogP contribution in [-0.2, 0) is 10.0 Å². The minimum Gasteiger partial charge on any atom is -0.478 e. The summed E-state index contributed by atoms with van der Waals surface area (Å²) < 4.78 is 25.9. The first-order valence-electron chi connectivity index (χ1n) is 4.84. The molecule has 0 radical (unpaired) electrons. The molecule has 0 atom stereocenters. The smallest absolute Gasteiger partial charge is 0.335 e. The molecule has 0 aliphatic rings. The van der Waals surface area contributed by atoms with Crippen molar-refractivity contribution in [2.24, 2.45) is 0 Å². The summed E-state index contributed by atoms with van der Waals surface area (Å²) in [4.78, 5) is 16.9. The van der Waals surface area contributed by atoms with Crippen LogP contribution in [0.15, 0.2) is 41.6 Å². The first-order chi connectivity index (χ1) is 8.49. The molecule has 0 saturated carbocycles. The maximum atomic E-state index is 11.9. The molecule has 2 rings (SSSR count). The van der Waals surface area contributed by atoms with Crippen LogP contribution in [-0.4, -0.2) is 29.5 Å². The second kappa shape index (κ2) is 4.49. The summed E-state index contributed by atoms with van der Waals surface area (Å²) in [6.45, 7) is 0. The molecule has 8 heteroatoms. The van der Waals surface area contributed by atoms with Crippen molar-refractivity contribution in [1.29, 1.82) is 0 Å². The van der Waals surface area contributed by atoms with Gasteiger partial charge in [-0.1, -0.05) is 0 Å². The van der Waals surface area contributed by atoms with Gasteiger partial charge in [0.25, 0.3) is 10.0 Å². The van der Waals surface area contributed by atoms with E-state index >= 15 is 0 Å². The normalized spacial score (nSPS) is 11.1. The van der Waals surface area contributed by atoms with Crippen molar-refractivity contribution in [3.05, 3.63) is 42.2 Å². The van der Waals surface area contributed by atoms with Gasteiger partial charge in [0.05, 0.1) is 10.5 Å². The van der Waals surface area contributed by atoms with Crippen molar-refractivity contribution in [2.75, 3.05) is 4.72 Å². The van der Waals surface area contributed by atoms with E-state index in [0.29, 0.717) is 0 Å². The molecule has 0 saturated heterocycles. The molecule has 0 spiro atoms. The zero-order valence-electron chi connectivity index (χ0n) is 8.99. The van der Waals surface area contributed by atoms with Crippen molar-refractivity contribution < 1.29 is 18.3 Å². The number of H-pyrrole nitrogens is 1. The highest BCUT2D eigenvalue weighted by Crippen LogP contribution is 2.13. The molecular formula is C10H9N3O4S. The number of nitrogens with zero attached hydrogens (tertiary/aromatic N) is 1. The van der Waals surface area contributed by atoms with Gasteiger partial charge in [0.1, 0.15) is 0 Å². The Morgan fingerprint density at radius 3 is 2.44 bits per heavy atom. The third-order valence-electron chi connectivity index (χ3n) is 2.14. The van der Waals surface area contributed by atoms with Gasteiger partial charge in [-0.15, -0.1) is 0 Å². The van der Waals surface area contributed by atoms with Gasteiger partial charge in [-0.3, -0.25) is 0 Å². The van der Waals surface area contributed by atoms with E-state index in [2.05, 4.69) is 14.7 Å². The van der Waals surface area contributed by atoms with Gasteiger partial charge in [0, 0.05) is 12.4 Å². The summed E-state index contributed by atoms with van der Waals surface area (Å²) in [5.41, 5.74) is 0.0203. The molecule has 0 unspecified atom stereocenters. The molecule has 0 amide bonds. The zero-order valence-corrected chi connectivity index (χ0v) is 9.81. The molecule has 2 aromatic rings. The average molecular weight is 267 g/mol. The van der Waals surface area contributed by atoms with E-state index in [9.17, 15) is 13.2 Å². The largest absolute Gasteiger partial charge is 0.478 e. The Labute approximate surface area is 103 Å². The van der Waals surface area contributed by atoms with Gasteiger partial charge in [0.2, 0.25) is 5.95 Å². The van der Waals surface area contributed by atoms with E-state index in [0.717, 1.165) is 0 Å². The Bertz CT molecular complexity index is 647. The van der Waals surface area contributed by atoms with Crippen LogP contribution in [0.4, 0.5) is 5.95 Å². The Balaban J connectivity index is 2.27. The number of hydrogen-bond acceptors (Lipinski definition) is 4. The third kappa shape index (κ3) is 2.48. The molecular weight excluding hydrogens is 258 g/mol. The quantitative estimate of drug-likeness (QED) is 0.762. The van der Waals surface area contributed by atoms with Crippen LogP contribution < -0.4 is 4.72 Å². The fourth-order valence-electron chi connectivity index (χ4n) is 1.28. The highest BCUT2D eigenvalue weighted by Gasteiger charge is 2.15. The van der Waals surface area contributed by atoms with Crippen LogP contribution in [0.25, 0.3) is 0 Å². The summed E-state index contributed by atoms with van der Waals surface area (Å²) in [5.74, 6) is -1.02. The van der Waals surface area contributed by atoms with Crippen LogP contribution in [0, 0.1) is 0 Å². The first kappa shape index (κ1) is 12.1. The molecule has 1 aromatic heterocycles. The standard InChI is InChI=1S/C10H9N3O4S/c14-9(15)7-1-3-8(4-2-7)18(16,17)13-10-11-5-6-12-10/h1-6H,(H,14,15)(H2,11,12,13). The number of hydrogen-bond donors (Lipinski definition) is 3. The van der Waals surface area contributed by atoms with Gasteiger partial charge >= 0.3 is 5.97 Å². The zero-order chi connectivity index (χ0) is 13.2. The summed E-state index contributed by atoms with van der Waals surface area (Å²) in [5, 5.41) is 8.71. The van der Waals surface area contributed by atoms with Crippen molar-refractivity contribution in [3.8, 4) is 0 Å². The number of nitrogens with one attached hydrogen (secondary N) is 2. The Hall–Kier alpha value is -2.35. The number of sulfonamides is 1. The Morgan fingerprint density at radius 1 is 1.28 bits per heavy atom. The monoisotopic (exact) mass is 267 g/mol. The number of aromatic amines is 1. The molecule has 0 bridgehead atoms. The number of rotatable bonds is 4. The fourth-order valence-corrected chi connectivity index (χ4v) is 2.26. The lowest BCUT2D eigenvalue weighted by molar-refractivity contribution is 0.0697. The number of anilines is 1. The molecule has 0 aliphatic carbocycles. The Kier molecular flexibility index (Phi) is 3.02. The summed E-state index contributed by atoms with van der Waals surface area (Å²) >= 11 is 0. The molecule has 1 heterocycles. The third-order valence-corrected chi connectivity index (χ3v) is 3.50. The minimum absolute atomic E-state index is 0.0203. The number of carbonyl (C=O) groups is 1. The van der Waals surface area contributed by atoms with Crippen LogP contribution in [0.5, 0.6) is 0 Å². The second-order valence-corrected chi connectivity index (χ2v) is 5.06. The molecule has 3 N–H and O–H groups in total. The highest BCUT2D eigenvalue weighted by molar-refractivity contribution is 7.92. The predicted octanol–water partition coefficient (Wildman–Crippen LogP) is 0.909. The molecule has 94 valence electrons. The fraction of sp³-hybridized carbons (Fsp3) is 0. The topological polar surface area (TPSA) is 112 Å². The van der Waals surface area contributed by atoms with Crippen LogP contribution in [0.1, 0.15) is 10.4 Å². The maximum Gasteiger partial charge on any atom is 0.335 e.